The van der Waals surface area contributed by atoms with Gasteiger partial charge in [0.15, 0.2) is 0 Å². The summed E-state index contributed by atoms with van der Waals surface area (Å²) in [6, 6.07) is 7.65. The summed E-state index contributed by atoms with van der Waals surface area (Å²) in [6.45, 7) is 3.16. The molecule has 2 rings (SSSR count). The van der Waals surface area contributed by atoms with Gasteiger partial charge in [0.25, 0.3) is 0 Å². The molecule has 1 aromatic carbocycles. The van der Waals surface area contributed by atoms with Crippen LogP contribution in [-0.2, 0) is 10.2 Å². The molecule has 0 saturated carbocycles. The molecule has 2 unspecified atom stereocenters. The second-order valence-electron chi connectivity index (χ2n) is 7.23. The van der Waals surface area contributed by atoms with Crippen molar-refractivity contribution in [3.05, 3.63) is 53.6 Å². The van der Waals surface area contributed by atoms with Crippen LogP contribution >= 0.6 is 0 Å². The van der Waals surface area contributed by atoms with E-state index < -0.39 is 18.9 Å². The number of hydrogen-bond donors (Lipinski definition) is 3. The monoisotopic (exact) mass is 380 g/mol. The number of aliphatic hydroxyl groups excluding tert-OH is 3. The van der Waals surface area contributed by atoms with Gasteiger partial charge in [0.2, 0.25) is 0 Å². The minimum atomic E-state index is -1.07. The lowest BCUT2D eigenvalue weighted by molar-refractivity contribution is 0.000761. The fraction of sp³-hybridized carbons (Fsp3) is 0.524. The Morgan fingerprint density at radius 2 is 1.85 bits per heavy atom. The molecule has 0 aromatic heterocycles. The SMILES string of the molecule is CC(C)(C1=CC[C@H](OCC(O)CF)C=C1)c1ccc(OCC(O)CO)cc1. The van der Waals surface area contributed by atoms with Crippen molar-refractivity contribution in [2.45, 2.75) is 44.0 Å². The molecule has 150 valence electrons. The van der Waals surface area contributed by atoms with Crippen LogP contribution in [0.3, 0.4) is 0 Å². The topological polar surface area (TPSA) is 79.2 Å². The highest BCUT2D eigenvalue weighted by Gasteiger charge is 2.26. The van der Waals surface area contributed by atoms with Gasteiger partial charge in [-0.15, -0.1) is 0 Å². The molecule has 6 heteroatoms. The van der Waals surface area contributed by atoms with Crippen LogP contribution in [0.5, 0.6) is 5.75 Å². The highest BCUT2D eigenvalue weighted by Crippen LogP contribution is 2.35. The molecule has 3 atom stereocenters. The Labute approximate surface area is 159 Å². The number of aliphatic hydroxyl groups is 3. The molecular weight excluding hydrogens is 351 g/mol. The van der Waals surface area contributed by atoms with Gasteiger partial charge in [0, 0.05) is 5.41 Å². The van der Waals surface area contributed by atoms with Crippen molar-refractivity contribution in [1.82, 2.24) is 0 Å². The molecule has 0 fully saturated rings. The summed E-state index contributed by atoms with van der Waals surface area (Å²) < 4.78 is 23.2. The molecule has 0 saturated heterocycles. The van der Waals surface area contributed by atoms with Gasteiger partial charge < -0.3 is 24.8 Å². The molecule has 27 heavy (non-hydrogen) atoms. The first-order valence-electron chi connectivity index (χ1n) is 9.13. The molecule has 0 bridgehead atoms. The summed E-state index contributed by atoms with van der Waals surface area (Å²) >= 11 is 0. The number of rotatable bonds is 10. The molecule has 0 radical (unpaired) electrons. The van der Waals surface area contributed by atoms with E-state index in [2.05, 4.69) is 19.9 Å². The number of hydrogen-bond acceptors (Lipinski definition) is 5. The van der Waals surface area contributed by atoms with Gasteiger partial charge in [-0.2, -0.15) is 0 Å². The van der Waals surface area contributed by atoms with Gasteiger partial charge in [-0.3, -0.25) is 0 Å². The fourth-order valence-electron chi connectivity index (χ4n) is 2.85. The van der Waals surface area contributed by atoms with E-state index in [1.165, 1.54) is 0 Å². The molecule has 1 aliphatic rings. The lowest BCUT2D eigenvalue weighted by Gasteiger charge is -2.30. The van der Waals surface area contributed by atoms with Crippen molar-refractivity contribution in [2.24, 2.45) is 0 Å². The van der Waals surface area contributed by atoms with Crippen molar-refractivity contribution < 1.29 is 29.2 Å². The average Bonchev–Trinajstić information content (AvgIpc) is 2.70. The zero-order valence-electron chi connectivity index (χ0n) is 15.8. The van der Waals surface area contributed by atoms with E-state index in [1.54, 1.807) is 0 Å². The maximum atomic E-state index is 12.3. The zero-order valence-corrected chi connectivity index (χ0v) is 15.8. The van der Waals surface area contributed by atoms with E-state index in [1.807, 2.05) is 36.4 Å². The first-order valence-corrected chi connectivity index (χ1v) is 9.13. The smallest absolute Gasteiger partial charge is 0.119 e. The Morgan fingerprint density at radius 3 is 2.41 bits per heavy atom. The number of alkyl halides is 1. The Kier molecular flexibility index (Phi) is 7.98. The van der Waals surface area contributed by atoms with Gasteiger partial charge in [-0.1, -0.05) is 44.2 Å². The molecule has 1 aliphatic carbocycles. The average molecular weight is 380 g/mol. The predicted octanol–water partition coefficient (Wildman–Crippen LogP) is 2.30. The zero-order chi connectivity index (χ0) is 19.9. The predicted molar refractivity (Wildman–Crippen MR) is 102 cm³/mol. The van der Waals surface area contributed by atoms with Crippen LogP contribution in [-0.4, -0.2) is 60.1 Å². The van der Waals surface area contributed by atoms with Gasteiger partial charge in [-0.05, 0) is 29.7 Å². The van der Waals surface area contributed by atoms with Gasteiger partial charge in [0.05, 0.1) is 19.3 Å². The summed E-state index contributed by atoms with van der Waals surface area (Å²) in [5.41, 5.74) is 2.04. The number of benzene rings is 1. The molecule has 5 nitrogen and oxygen atoms in total. The Morgan fingerprint density at radius 1 is 1.15 bits per heavy atom. The molecule has 3 N–H and O–H groups in total. The molecule has 1 aromatic rings. The first kappa shape index (κ1) is 21.6. The number of halogens is 1. The third kappa shape index (κ3) is 6.14. The molecule has 0 aliphatic heterocycles. The summed E-state index contributed by atoms with van der Waals surface area (Å²) in [5.74, 6) is 0.634. The van der Waals surface area contributed by atoms with Crippen LogP contribution in [0, 0.1) is 0 Å². The number of ether oxygens (including phenoxy) is 2. The minimum absolute atomic E-state index is 0.00941. The fourth-order valence-corrected chi connectivity index (χ4v) is 2.85. The molecule has 0 amide bonds. The summed E-state index contributed by atoms with van der Waals surface area (Å²) in [5, 5.41) is 27.4. The van der Waals surface area contributed by atoms with Crippen molar-refractivity contribution in [2.75, 3.05) is 26.5 Å². The number of allylic oxidation sites excluding steroid dienone is 2. The van der Waals surface area contributed by atoms with Gasteiger partial charge >= 0.3 is 0 Å². The highest BCUT2D eigenvalue weighted by atomic mass is 19.1. The van der Waals surface area contributed by atoms with Crippen LogP contribution in [0.15, 0.2) is 48.1 Å². The van der Waals surface area contributed by atoms with Crippen molar-refractivity contribution in [1.29, 1.82) is 0 Å². The van der Waals surface area contributed by atoms with E-state index in [9.17, 15) is 14.6 Å². The summed E-state index contributed by atoms with van der Waals surface area (Å²) in [4.78, 5) is 0. The van der Waals surface area contributed by atoms with E-state index in [4.69, 9.17) is 14.6 Å². The van der Waals surface area contributed by atoms with Crippen LogP contribution in [0.25, 0.3) is 0 Å². The standard InChI is InChI=1S/C21H29FO5/c1-21(2,15-3-7-19(8-4-15)26-13-17(24)11-22)16-5-9-20(10-6-16)27-14-18(25)12-23/h3-7,9-10,17-19,23-25H,8,11-14H2,1-2H3/t17?,18?,19-/m1/s1. The van der Waals surface area contributed by atoms with Crippen LogP contribution in [0.4, 0.5) is 4.39 Å². The van der Waals surface area contributed by atoms with E-state index >= 15 is 0 Å². The van der Waals surface area contributed by atoms with E-state index in [-0.39, 0.29) is 31.3 Å². The first-order chi connectivity index (χ1) is 12.9. The van der Waals surface area contributed by atoms with Gasteiger partial charge in [0.1, 0.15) is 31.2 Å². The lowest BCUT2D eigenvalue weighted by Crippen LogP contribution is -2.25. The van der Waals surface area contributed by atoms with Crippen LogP contribution in [0.2, 0.25) is 0 Å². The van der Waals surface area contributed by atoms with E-state index in [0.717, 1.165) is 11.1 Å². The van der Waals surface area contributed by atoms with Crippen LogP contribution < -0.4 is 4.74 Å². The maximum Gasteiger partial charge on any atom is 0.119 e. The molecule has 0 spiro atoms. The third-order valence-electron chi connectivity index (χ3n) is 4.69. The lowest BCUT2D eigenvalue weighted by atomic mass is 9.75. The summed E-state index contributed by atoms with van der Waals surface area (Å²) in [6.07, 6.45) is 4.62. The minimum Gasteiger partial charge on any atom is -0.491 e. The molecular formula is C21H29FO5. The quantitative estimate of drug-likeness (QED) is 0.581. The van der Waals surface area contributed by atoms with Crippen molar-refractivity contribution in [3.8, 4) is 5.75 Å². The Bertz CT molecular complexity index is 638. The molecule has 0 heterocycles. The largest absolute Gasteiger partial charge is 0.491 e. The second kappa shape index (κ2) is 9.99. The van der Waals surface area contributed by atoms with Gasteiger partial charge in [-0.25, -0.2) is 4.39 Å². The Balaban J connectivity index is 1.95. The van der Waals surface area contributed by atoms with E-state index in [0.29, 0.717) is 12.2 Å². The Hall–Kier alpha value is -1.73. The van der Waals surface area contributed by atoms with Crippen LogP contribution in [0.1, 0.15) is 25.8 Å². The summed E-state index contributed by atoms with van der Waals surface area (Å²) in [7, 11) is 0. The highest BCUT2D eigenvalue weighted by molar-refractivity contribution is 5.43. The second-order valence-corrected chi connectivity index (χ2v) is 7.23. The maximum absolute atomic E-state index is 12.3. The van der Waals surface area contributed by atoms with Crippen molar-refractivity contribution in [3.63, 3.8) is 0 Å². The van der Waals surface area contributed by atoms with Crippen molar-refractivity contribution >= 4 is 0 Å². The third-order valence-corrected chi connectivity index (χ3v) is 4.69. The normalized spacial score (nSPS) is 19.5.